The maximum absolute atomic E-state index is 13.3. The summed E-state index contributed by atoms with van der Waals surface area (Å²) in [5.74, 6) is 0.625. The number of nitrogens with zero attached hydrogens (tertiary/aromatic N) is 2. The van der Waals surface area contributed by atoms with Crippen LogP contribution in [0.5, 0.6) is 5.75 Å². The van der Waals surface area contributed by atoms with Gasteiger partial charge >= 0.3 is 0 Å². The highest BCUT2D eigenvalue weighted by Gasteiger charge is 2.30. The molecule has 0 N–H and O–H groups in total. The van der Waals surface area contributed by atoms with Gasteiger partial charge in [-0.2, -0.15) is 0 Å². The number of hydrogen-bond acceptors (Lipinski definition) is 5. The highest BCUT2D eigenvalue weighted by molar-refractivity contribution is 7.07. The SMILES string of the molecule is COc1ccc([C@H]2C(C(C)=O)=C(C)N=c3s/c(=C\c4ccccc4)c(=O)n32)cc1. The van der Waals surface area contributed by atoms with Crippen LogP contribution in [0.15, 0.2) is 75.7 Å². The van der Waals surface area contributed by atoms with Crippen LogP contribution in [-0.2, 0) is 4.79 Å². The van der Waals surface area contributed by atoms with E-state index in [9.17, 15) is 9.59 Å². The topological polar surface area (TPSA) is 60.7 Å². The highest BCUT2D eigenvalue weighted by atomic mass is 32.1. The van der Waals surface area contributed by atoms with Crippen molar-refractivity contribution in [1.82, 2.24) is 4.57 Å². The summed E-state index contributed by atoms with van der Waals surface area (Å²) in [6.07, 6.45) is 1.86. The van der Waals surface area contributed by atoms with Crippen LogP contribution in [0.4, 0.5) is 0 Å². The Labute approximate surface area is 171 Å². The Kier molecular flexibility index (Phi) is 5.03. The Morgan fingerprint density at radius 1 is 1.14 bits per heavy atom. The molecular weight excluding hydrogens is 384 g/mol. The zero-order chi connectivity index (χ0) is 20.5. The smallest absolute Gasteiger partial charge is 0.271 e. The van der Waals surface area contributed by atoms with Gasteiger partial charge < -0.3 is 4.74 Å². The third-order valence-corrected chi connectivity index (χ3v) is 5.91. The van der Waals surface area contributed by atoms with Crippen LogP contribution in [0.3, 0.4) is 0 Å². The fourth-order valence-electron chi connectivity index (χ4n) is 3.57. The second-order valence-electron chi connectivity index (χ2n) is 6.82. The van der Waals surface area contributed by atoms with Crippen molar-refractivity contribution >= 4 is 23.2 Å². The standard InChI is InChI=1S/C23H20N2O3S/c1-14-20(15(2)26)21(17-9-11-18(28-3)12-10-17)25-22(27)19(29-23(25)24-14)13-16-7-5-4-6-8-16/h4-13,21H,1-3H3/b19-13-/t21-/m0/s1. The van der Waals surface area contributed by atoms with Gasteiger partial charge in [0.05, 0.1) is 17.7 Å². The molecule has 0 saturated heterocycles. The molecule has 0 fully saturated rings. The van der Waals surface area contributed by atoms with E-state index in [4.69, 9.17) is 4.74 Å². The third kappa shape index (κ3) is 3.47. The van der Waals surface area contributed by atoms with Gasteiger partial charge in [0, 0.05) is 11.3 Å². The molecule has 1 aliphatic heterocycles. The zero-order valence-corrected chi connectivity index (χ0v) is 17.2. The molecule has 5 nitrogen and oxygen atoms in total. The summed E-state index contributed by atoms with van der Waals surface area (Å²) in [7, 11) is 1.60. The first kappa shape index (κ1) is 19.1. The number of allylic oxidation sites excluding steroid dienone is 2. The van der Waals surface area contributed by atoms with Gasteiger partial charge in [0.1, 0.15) is 5.75 Å². The van der Waals surface area contributed by atoms with E-state index in [1.165, 1.54) is 18.3 Å². The number of Topliss-reactive ketones (excluding diaryl/α,β-unsaturated/α-hetero) is 1. The number of carbonyl (C=O) groups is 1. The predicted octanol–water partition coefficient (Wildman–Crippen LogP) is 2.83. The maximum Gasteiger partial charge on any atom is 0.271 e. The lowest BCUT2D eigenvalue weighted by molar-refractivity contribution is -0.114. The molecule has 0 aliphatic carbocycles. The molecule has 0 amide bonds. The van der Waals surface area contributed by atoms with Gasteiger partial charge in [-0.05, 0) is 43.2 Å². The molecule has 0 radical (unpaired) electrons. The molecular formula is C23H20N2O3S. The molecule has 1 atom stereocenters. The normalized spacial score (nSPS) is 16.4. The van der Waals surface area contributed by atoms with Crippen LogP contribution in [0.25, 0.3) is 6.08 Å². The molecule has 0 spiro atoms. The van der Waals surface area contributed by atoms with E-state index < -0.39 is 6.04 Å². The lowest BCUT2D eigenvalue weighted by atomic mass is 9.93. The van der Waals surface area contributed by atoms with Crippen molar-refractivity contribution in [2.24, 2.45) is 4.99 Å². The van der Waals surface area contributed by atoms with E-state index in [1.54, 1.807) is 11.7 Å². The first-order valence-corrected chi connectivity index (χ1v) is 10.0. The van der Waals surface area contributed by atoms with Gasteiger partial charge in [0.25, 0.3) is 5.56 Å². The molecule has 1 aromatic heterocycles. The summed E-state index contributed by atoms with van der Waals surface area (Å²) in [5.41, 5.74) is 2.82. The van der Waals surface area contributed by atoms with E-state index in [2.05, 4.69) is 4.99 Å². The third-order valence-electron chi connectivity index (χ3n) is 4.93. The van der Waals surface area contributed by atoms with Gasteiger partial charge in [-0.1, -0.05) is 53.8 Å². The summed E-state index contributed by atoms with van der Waals surface area (Å²) < 4.78 is 7.47. The number of thiazole rings is 1. The fraction of sp³-hybridized carbons (Fsp3) is 0.174. The number of rotatable bonds is 4. The summed E-state index contributed by atoms with van der Waals surface area (Å²) in [4.78, 5) is 31.0. The second kappa shape index (κ2) is 7.64. The van der Waals surface area contributed by atoms with E-state index in [1.807, 2.05) is 67.6 Å². The first-order chi connectivity index (χ1) is 14.0. The van der Waals surface area contributed by atoms with Crippen molar-refractivity contribution < 1.29 is 9.53 Å². The zero-order valence-electron chi connectivity index (χ0n) is 16.4. The Hall–Kier alpha value is -3.25. The average Bonchev–Trinajstić information content (AvgIpc) is 3.02. The summed E-state index contributed by atoms with van der Waals surface area (Å²) in [6.45, 7) is 3.34. The predicted molar refractivity (Wildman–Crippen MR) is 114 cm³/mol. The van der Waals surface area contributed by atoms with E-state index in [-0.39, 0.29) is 11.3 Å². The van der Waals surface area contributed by atoms with Crippen molar-refractivity contribution in [3.05, 3.63) is 96.7 Å². The van der Waals surface area contributed by atoms with E-state index in [0.29, 0.717) is 20.6 Å². The van der Waals surface area contributed by atoms with Crippen LogP contribution in [-0.4, -0.2) is 17.5 Å². The Morgan fingerprint density at radius 2 is 1.83 bits per heavy atom. The van der Waals surface area contributed by atoms with Crippen molar-refractivity contribution in [1.29, 1.82) is 0 Å². The van der Waals surface area contributed by atoms with Gasteiger partial charge in [-0.15, -0.1) is 0 Å². The molecule has 6 heteroatoms. The summed E-state index contributed by atoms with van der Waals surface area (Å²) in [6, 6.07) is 16.6. The minimum atomic E-state index is -0.507. The number of ether oxygens (including phenoxy) is 1. The quantitative estimate of drug-likeness (QED) is 0.672. The largest absolute Gasteiger partial charge is 0.497 e. The molecule has 3 aromatic rings. The molecule has 2 heterocycles. The number of benzene rings is 2. The van der Waals surface area contributed by atoms with Crippen molar-refractivity contribution in [2.45, 2.75) is 19.9 Å². The number of fused-ring (bicyclic) bond motifs is 1. The second-order valence-corrected chi connectivity index (χ2v) is 7.83. The number of ketones is 1. The highest BCUT2D eigenvalue weighted by Crippen LogP contribution is 2.31. The Morgan fingerprint density at radius 3 is 2.45 bits per heavy atom. The van der Waals surface area contributed by atoms with Gasteiger partial charge in [-0.25, -0.2) is 4.99 Å². The minimum absolute atomic E-state index is 0.0931. The molecule has 1 aliphatic rings. The maximum atomic E-state index is 13.3. The summed E-state index contributed by atoms with van der Waals surface area (Å²) >= 11 is 1.34. The lowest BCUT2D eigenvalue weighted by Gasteiger charge is -2.24. The molecule has 2 aromatic carbocycles. The van der Waals surface area contributed by atoms with Crippen molar-refractivity contribution in [3.8, 4) is 5.75 Å². The fourth-order valence-corrected chi connectivity index (χ4v) is 4.62. The van der Waals surface area contributed by atoms with Gasteiger partial charge in [0.2, 0.25) is 0 Å². The van der Waals surface area contributed by atoms with Crippen LogP contribution >= 0.6 is 11.3 Å². The Balaban J connectivity index is 1.96. The molecule has 4 rings (SSSR count). The number of carbonyl (C=O) groups excluding carboxylic acids is 1. The van der Waals surface area contributed by atoms with Crippen LogP contribution in [0.1, 0.15) is 31.0 Å². The van der Waals surface area contributed by atoms with Gasteiger partial charge in [-0.3, -0.25) is 14.2 Å². The van der Waals surface area contributed by atoms with Crippen LogP contribution in [0, 0.1) is 0 Å². The number of methoxy groups -OCH3 is 1. The monoisotopic (exact) mass is 404 g/mol. The molecule has 0 bridgehead atoms. The van der Waals surface area contributed by atoms with Crippen molar-refractivity contribution in [3.63, 3.8) is 0 Å². The van der Waals surface area contributed by atoms with Gasteiger partial charge in [0.15, 0.2) is 10.6 Å². The molecule has 0 saturated carbocycles. The van der Waals surface area contributed by atoms with Crippen molar-refractivity contribution in [2.75, 3.05) is 7.11 Å². The molecule has 29 heavy (non-hydrogen) atoms. The van der Waals surface area contributed by atoms with Crippen LogP contribution in [0.2, 0.25) is 0 Å². The van der Waals surface area contributed by atoms with E-state index >= 15 is 0 Å². The number of hydrogen-bond donors (Lipinski definition) is 0. The number of aromatic nitrogens is 1. The molecule has 0 unspecified atom stereocenters. The average molecular weight is 404 g/mol. The lowest BCUT2D eigenvalue weighted by Crippen LogP contribution is -2.39. The van der Waals surface area contributed by atoms with Crippen LogP contribution < -0.4 is 19.6 Å². The molecule has 146 valence electrons. The summed E-state index contributed by atoms with van der Waals surface area (Å²) in [5, 5.41) is 0. The first-order valence-electron chi connectivity index (χ1n) is 9.22. The van der Waals surface area contributed by atoms with E-state index in [0.717, 1.165) is 16.9 Å². The minimum Gasteiger partial charge on any atom is -0.497 e. The Bertz CT molecular complexity index is 1280.